The molecule has 0 saturated heterocycles. The lowest BCUT2D eigenvalue weighted by atomic mass is 10.1. The van der Waals surface area contributed by atoms with Gasteiger partial charge in [-0.1, -0.05) is 0 Å². The van der Waals surface area contributed by atoms with Crippen LogP contribution >= 0.6 is 15.9 Å². The van der Waals surface area contributed by atoms with Crippen molar-refractivity contribution < 1.29 is 5.11 Å². The van der Waals surface area contributed by atoms with Crippen LogP contribution in [0.3, 0.4) is 0 Å². The number of rotatable bonds is 4. The van der Waals surface area contributed by atoms with E-state index in [9.17, 15) is 5.11 Å². The fourth-order valence-electron chi connectivity index (χ4n) is 2.47. The van der Waals surface area contributed by atoms with Crippen LogP contribution in [0.15, 0.2) is 29.3 Å². The minimum Gasteiger partial charge on any atom is -0.388 e. The zero-order valence-electron chi connectivity index (χ0n) is 11.9. The molecule has 1 N–H and O–H groups in total. The van der Waals surface area contributed by atoms with E-state index in [1.807, 2.05) is 18.5 Å². The van der Waals surface area contributed by atoms with Crippen LogP contribution in [-0.2, 0) is 13.0 Å². The van der Waals surface area contributed by atoms with Gasteiger partial charge in [0.2, 0.25) is 0 Å². The van der Waals surface area contributed by atoms with Gasteiger partial charge in [0.1, 0.15) is 0 Å². The number of hydrogen-bond donors (Lipinski definition) is 1. The molecule has 3 aromatic rings. The molecule has 110 valence electrons. The highest BCUT2D eigenvalue weighted by atomic mass is 79.9. The van der Waals surface area contributed by atoms with E-state index in [4.69, 9.17) is 0 Å². The number of halogens is 1. The fourth-order valence-corrected chi connectivity index (χ4v) is 2.91. The Kier molecular flexibility index (Phi) is 3.77. The van der Waals surface area contributed by atoms with Gasteiger partial charge in [-0.05, 0) is 29.8 Å². The van der Waals surface area contributed by atoms with Crippen molar-refractivity contribution in [1.82, 2.24) is 24.4 Å². The standard InChI is InChI=1S/C14H16BrN5O/c1-3-19-11(14(15)9(2)18-19)6-13(21)10-7-17-20-5-4-16-8-12(10)20/h4-5,7-8,13,21H,3,6H2,1-2H3. The second kappa shape index (κ2) is 5.57. The average molecular weight is 350 g/mol. The zero-order valence-corrected chi connectivity index (χ0v) is 13.4. The highest BCUT2D eigenvalue weighted by Gasteiger charge is 2.20. The highest BCUT2D eigenvalue weighted by molar-refractivity contribution is 9.10. The first-order valence-electron chi connectivity index (χ1n) is 6.79. The zero-order chi connectivity index (χ0) is 15.0. The molecule has 0 amide bonds. The van der Waals surface area contributed by atoms with Crippen molar-refractivity contribution in [2.75, 3.05) is 0 Å². The molecule has 0 fully saturated rings. The van der Waals surface area contributed by atoms with E-state index in [-0.39, 0.29) is 0 Å². The van der Waals surface area contributed by atoms with E-state index >= 15 is 0 Å². The first-order chi connectivity index (χ1) is 10.1. The molecule has 0 spiro atoms. The van der Waals surface area contributed by atoms with Crippen LogP contribution in [0.5, 0.6) is 0 Å². The number of aliphatic hydroxyl groups excluding tert-OH is 1. The van der Waals surface area contributed by atoms with Crippen LogP contribution in [-0.4, -0.2) is 29.5 Å². The van der Waals surface area contributed by atoms with Crippen molar-refractivity contribution in [2.24, 2.45) is 0 Å². The Hall–Kier alpha value is -1.73. The Morgan fingerprint density at radius 3 is 2.95 bits per heavy atom. The topological polar surface area (TPSA) is 68.2 Å². The molecule has 0 aliphatic heterocycles. The molecular formula is C14H16BrN5O. The molecule has 0 aromatic carbocycles. The third-order valence-corrected chi connectivity index (χ3v) is 4.58. The molecule has 7 heteroatoms. The summed E-state index contributed by atoms with van der Waals surface area (Å²) in [5.74, 6) is 0. The van der Waals surface area contributed by atoms with Crippen molar-refractivity contribution in [3.05, 3.63) is 46.2 Å². The van der Waals surface area contributed by atoms with Crippen molar-refractivity contribution in [2.45, 2.75) is 32.9 Å². The van der Waals surface area contributed by atoms with Crippen LogP contribution in [0.1, 0.15) is 30.0 Å². The molecule has 3 heterocycles. The van der Waals surface area contributed by atoms with Crippen LogP contribution < -0.4 is 0 Å². The number of aliphatic hydroxyl groups is 1. The van der Waals surface area contributed by atoms with Gasteiger partial charge >= 0.3 is 0 Å². The predicted molar refractivity (Wildman–Crippen MR) is 82.0 cm³/mol. The van der Waals surface area contributed by atoms with Gasteiger partial charge in [-0.15, -0.1) is 0 Å². The number of aryl methyl sites for hydroxylation is 2. The number of nitrogens with zero attached hydrogens (tertiary/aromatic N) is 5. The Balaban J connectivity index is 1.95. The molecule has 0 aliphatic carbocycles. The summed E-state index contributed by atoms with van der Waals surface area (Å²) >= 11 is 3.56. The third kappa shape index (κ3) is 2.47. The maximum absolute atomic E-state index is 10.6. The van der Waals surface area contributed by atoms with Gasteiger partial charge in [-0.25, -0.2) is 4.52 Å². The summed E-state index contributed by atoms with van der Waals surface area (Å²) in [7, 11) is 0. The first kappa shape index (κ1) is 14.2. The number of fused-ring (bicyclic) bond motifs is 1. The Morgan fingerprint density at radius 2 is 2.19 bits per heavy atom. The van der Waals surface area contributed by atoms with Crippen LogP contribution in [0.25, 0.3) is 5.52 Å². The van der Waals surface area contributed by atoms with Crippen LogP contribution in [0, 0.1) is 6.92 Å². The first-order valence-corrected chi connectivity index (χ1v) is 7.58. The van der Waals surface area contributed by atoms with Gasteiger partial charge < -0.3 is 5.11 Å². The van der Waals surface area contributed by atoms with Crippen molar-refractivity contribution >= 4 is 21.4 Å². The molecule has 1 unspecified atom stereocenters. The Labute approximate surface area is 130 Å². The van der Waals surface area contributed by atoms with Gasteiger partial charge in [0.15, 0.2) is 0 Å². The minimum absolute atomic E-state index is 0.478. The quantitative estimate of drug-likeness (QED) is 0.784. The second-order valence-corrected chi connectivity index (χ2v) is 5.68. The molecule has 21 heavy (non-hydrogen) atoms. The van der Waals surface area contributed by atoms with E-state index in [0.717, 1.165) is 33.5 Å². The summed E-state index contributed by atoms with van der Waals surface area (Å²) in [6, 6.07) is 0. The lowest BCUT2D eigenvalue weighted by molar-refractivity contribution is 0.176. The summed E-state index contributed by atoms with van der Waals surface area (Å²) in [4.78, 5) is 4.09. The third-order valence-electron chi connectivity index (χ3n) is 3.55. The van der Waals surface area contributed by atoms with Gasteiger partial charge in [0, 0.05) is 30.9 Å². The fraction of sp³-hybridized carbons (Fsp3) is 0.357. The SMILES string of the molecule is CCn1nc(C)c(Br)c1CC(O)c1cnn2ccncc12. The average Bonchev–Trinajstić information content (AvgIpc) is 3.03. The number of aromatic nitrogens is 5. The van der Waals surface area contributed by atoms with Gasteiger partial charge in [0.25, 0.3) is 0 Å². The van der Waals surface area contributed by atoms with E-state index < -0.39 is 6.10 Å². The molecule has 1 atom stereocenters. The van der Waals surface area contributed by atoms with E-state index in [0.29, 0.717) is 6.42 Å². The lowest BCUT2D eigenvalue weighted by Crippen LogP contribution is -2.09. The van der Waals surface area contributed by atoms with Crippen LogP contribution in [0.4, 0.5) is 0 Å². The molecule has 0 bridgehead atoms. The summed E-state index contributed by atoms with van der Waals surface area (Å²) in [6.07, 6.45) is 6.66. The van der Waals surface area contributed by atoms with E-state index in [2.05, 4.69) is 31.1 Å². The van der Waals surface area contributed by atoms with Crippen LogP contribution in [0.2, 0.25) is 0 Å². The second-order valence-electron chi connectivity index (χ2n) is 4.89. The van der Waals surface area contributed by atoms with Gasteiger partial charge in [-0.2, -0.15) is 10.2 Å². The molecule has 0 saturated carbocycles. The maximum atomic E-state index is 10.6. The maximum Gasteiger partial charge on any atom is 0.0903 e. The Bertz CT molecular complexity index is 779. The summed E-state index contributed by atoms with van der Waals surface area (Å²) in [5.41, 5.74) is 3.52. The van der Waals surface area contributed by atoms with E-state index in [1.54, 1.807) is 29.3 Å². The minimum atomic E-state index is -0.649. The van der Waals surface area contributed by atoms with E-state index in [1.165, 1.54) is 0 Å². The lowest BCUT2D eigenvalue weighted by Gasteiger charge is -2.11. The van der Waals surface area contributed by atoms with Crippen molar-refractivity contribution in [1.29, 1.82) is 0 Å². The summed E-state index contributed by atoms with van der Waals surface area (Å²) in [6.45, 7) is 4.75. The van der Waals surface area contributed by atoms with Crippen molar-refractivity contribution in [3.63, 3.8) is 0 Å². The largest absolute Gasteiger partial charge is 0.388 e. The van der Waals surface area contributed by atoms with Gasteiger partial charge in [-0.3, -0.25) is 9.67 Å². The van der Waals surface area contributed by atoms with Crippen molar-refractivity contribution in [3.8, 4) is 0 Å². The normalized spacial score (nSPS) is 13.0. The summed E-state index contributed by atoms with van der Waals surface area (Å²) in [5, 5.41) is 19.3. The molecule has 0 aliphatic rings. The molecule has 0 radical (unpaired) electrons. The molecular weight excluding hydrogens is 334 g/mol. The van der Waals surface area contributed by atoms with Gasteiger partial charge in [0.05, 0.1) is 39.9 Å². The predicted octanol–water partition coefficient (Wildman–Crippen LogP) is 2.29. The molecule has 3 aromatic heterocycles. The monoisotopic (exact) mass is 349 g/mol. The smallest absolute Gasteiger partial charge is 0.0903 e. The summed E-state index contributed by atoms with van der Waals surface area (Å²) < 4.78 is 4.58. The molecule has 6 nitrogen and oxygen atoms in total. The highest BCUT2D eigenvalue weighted by Crippen LogP contribution is 2.28. The Morgan fingerprint density at radius 1 is 1.38 bits per heavy atom. The molecule has 3 rings (SSSR count). The number of hydrogen-bond acceptors (Lipinski definition) is 4.